The normalized spacial score (nSPS) is 28.5. The highest BCUT2D eigenvalue weighted by atomic mass is 35.5. The minimum absolute atomic E-state index is 0.198. The van der Waals surface area contributed by atoms with Crippen molar-refractivity contribution in [3.8, 4) is 6.01 Å². The summed E-state index contributed by atoms with van der Waals surface area (Å²) in [6.45, 7) is -0.198. The van der Waals surface area contributed by atoms with Gasteiger partial charge in [-0.2, -0.15) is 4.98 Å². The van der Waals surface area contributed by atoms with Gasteiger partial charge in [0.05, 0.1) is 40.3 Å². The first-order valence-electron chi connectivity index (χ1n) is 6.86. The van der Waals surface area contributed by atoms with Gasteiger partial charge < -0.3 is 20.1 Å². The van der Waals surface area contributed by atoms with Crippen LogP contribution in [0.3, 0.4) is 0 Å². The van der Waals surface area contributed by atoms with E-state index in [-0.39, 0.29) is 6.61 Å². The van der Waals surface area contributed by atoms with Gasteiger partial charge in [-0.25, -0.2) is 0 Å². The molecule has 22 heavy (non-hydrogen) atoms. The molecular formula is C14H16Cl2N2O4. The first kappa shape index (κ1) is 15.8. The monoisotopic (exact) mass is 346 g/mol. The van der Waals surface area contributed by atoms with E-state index in [1.54, 1.807) is 16.7 Å². The molecule has 8 heteroatoms. The maximum absolute atomic E-state index is 10.3. The van der Waals surface area contributed by atoms with E-state index >= 15 is 0 Å². The number of hydrogen-bond donors (Lipinski definition) is 3. The Kier molecular flexibility index (Phi) is 4.22. The number of methoxy groups -OCH3 is 1. The predicted octanol–water partition coefficient (Wildman–Crippen LogP) is 1.63. The lowest BCUT2D eigenvalue weighted by molar-refractivity contribution is -0.00431. The second-order valence-electron chi connectivity index (χ2n) is 5.45. The number of hydrogen-bond acceptors (Lipinski definition) is 5. The van der Waals surface area contributed by atoms with Gasteiger partial charge in [-0.1, -0.05) is 23.2 Å². The van der Waals surface area contributed by atoms with Crippen LogP contribution in [-0.4, -0.2) is 50.8 Å². The number of rotatable bonds is 3. The van der Waals surface area contributed by atoms with Crippen molar-refractivity contribution >= 4 is 34.2 Å². The van der Waals surface area contributed by atoms with E-state index in [4.69, 9.17) is 27.9 Å². The quantitative estimate of drug-likeness (QED) is 0.786. The van der Waals surface area contributed by atoms with Crippen LogP contribution in [0.25, 0.3) is 11.0 Å². The molecule has 1 aromatic heterocycles. The Balaban J connectivity index is 2.15. The van der Waals surface area contributed by atoms with Gasteiger partial charge in [-0.3, -0.25) is 4.57 Å². The molecule has 2 aromatic rings. The summed E-state index contributed by atoms with van der Waals surface area (Å²) in [6, 6.07) is 3.10. The van der Waals surface area contributed by atoms with E-state index in [0.717, 1.165) is 0 Å². The Hall–Kier alpha value is -1.05. The van der Waals surface area contributed by atoms with Crippen LogP contribution in [0.2, 0.25) is 10.0 Å². The van der Waals surface area contributed by atoms with Crippen LogP contribution in [0, 0.1) is 5.92 Å². The van der Waals surface area contributed by atoms with Crippen LogP contribution in [-0.2, 0) is 0 Å². The summed E-state index contributed by atoms with van der Waals surface area (Å²) in [7, 11) is 1.47. The molecule has 0 aliphatic heterocycles. The molecule has 0 saturated heterocycles. The average Bonchev–Trinajstić information content (AvgIpc) is 2.98. The van der Waals surface area contributed by atoms with Crippen LogP contribution in [0.15, 0.2) is 12.1 Å². The first-order valence-corrected chi connectivity index (χ1v) is 7.61. The maximum atomic E-state index is 10.3. The molecule has 3 N–H and O–H groups in total. The Morgan fingerprint density at radius 2 is 1.95 bits per heavy atom. The second-order valence-corrected chi connectivity index (χ2v) is 6.26. The highest BCUT2D eigenvalue weighted by molar-refractivity contribution is 6.42. The van der Waals surface area contributed by atoms with Crippen molar-refractivity contribution in [2.75, 3.05) is 13.7 Å². The number of aliphatic hydroxyl groups is 3. The number of halogens is 2. The van der Waals surface area contributed by atoms with Crippen molar-refractivity contribution in [2.45, 2.75) is 24.7 Å². The van der Waals surface area contributed by atoms with Crippen molar-refractivity contribution in [1.82, 2.24) is 9.55 Å². The zero-order valence-electron chi connectivity index (χ0n) is 11.8. The lowest BCUT2D eigenvalue weighted by atomic mass is 10.1. The number of nitrogens with zero attached hydrogens (tertiary/aromatic N) is 2. The summed E-state index contributed by atoms with van der Waals surface area (Å²) in [5.41, 5.74) is 1.24. The van der Waals surface area contributed by atoms with Gasteiger partial charge in [-0.05, 0) is 18.6 Å². The predicted molar refractivity (Wildman–Crippen MR) is 82.5 cm³/mol. The third kappa shape index (κ3) is 2.35. The fourth-order valence-electron chi connectivity index (χ4n) is 3.07. The zero-order valence-corrected chi connectivity index (χ0v) is 13.3. The van der Waals surface area contributed by atoms with Gasteiger partial charge >= 0.3 is 0 Å². The molecule has 1 aliphatic rings. The number of imidazole rings is 1. The highest BCUT2D eigenvalue weighted by Gasteiger charge is 2.43. The summed E-state index contributed by atoms with van der Waals surface area (Å²) in [6.07, 6.45) is -1.63. The molecule has 1 fully saturated rings. The van der Waals surface area contributed by atoms with Gasteiger partial charge in [0.15, 0.2) is 0 Å². The van der Waals surface area contributed by atoms with Crippen molar-refractivity contribution < 1.29 is 20.1 Å². The lowest BCUT2D eigenvalue weighted by Gasteiger charge is -2.20. The summed E-state index contributed by atoms with van der Waals surface area (Å²) >= 11 is 12.1. The van der Waals surface area contributed by atoms with Crippen LogP contribution in [0.1, 0.15) is 12.5 Å². The third-order valence-corrected chi connectivity index (χ3v) is 4.94. The molecule has 1 aliphatic carbocycles. The zero-order chi connectivity index (χ0) is 16.0. The molecule has 0 spiro atoms. The summed E-state index contributed by atoms with van der Waals surface area (Å²) < 4.78 is 6.98. The molecule has 0 bridgehead atoms. The Bertz CT molecular complexity index is 706. The number of fused-ring (bicyclic) bond motifs is 1. The highest BCUT2D eigenvalue weighted by Crippen LogP contribution is 2.41. The van der Waals surface area contributed by atoms with Gasteiger partial charge in [0.1, 0.15) is 6.10 Å². The lowest BCUT2D eigenvalue weighted by Crippen LogP contribution is -2.30. The van der Waals surface area contributed by atoms with Gasteiger partial charge in [0.25, 0.3) is 6.01 Å². The Morgan fingerprint density at radius 1 is 1.27 bits per heavy atom. The van der Waals surface area contributed by atoms with Crippen LogP contribution in [0.4, 0.5) is 0 Å². The smallest absolute Gasteiger partial charge is 0.297 e. The van der Waals surface area contributed by atoms with E-state index in [2.05, 4.69) is 4.98 Å². The summed E-state index contributed by atoms with van der Waals surface area (Å²) in [5.74, 6) is -0.398. The molecule has 3 unspecified atom stereocenters. The standard InChI is InChI=1S/C14H16Cl2N2O4/c1-22-14-17-9-3-7(15)8(16)4-10(9)18(14)11-2-6(5-19)12(20)13(11)21/h3-4,6,11-13,19-21H,2,5H2,1H3/t6?,11-,12?,13?/m0/s1. The summed E-state index contributed by atoms with van der Waals surface area (Å²) in [4.78, 5) is 4.33. The largest absolute Gasteiger partial charge is 0.468 e. The van der Waals surface area contributed by atoms with Gasteiger partial charge in [-0.15, -0.1) is 0 Å². The number of benzene rings is 1. The van der Waals surface area contributed by atoms with E-state index in [1.807, 2.05) is 0 Å². The summed E-state index contributed by atoms with van der Waals surface area (Å²) in [5, 5.41) is 30.4. The topological polar surface area (TPSA) is 87.7 Å². The number of ether oxygens (including phenoxy) is 1. The molecular weight excluding hydrogens is 331 g/mol. The number of aliphatic hydroxyl groups excluding tert-OH is 3. The SMILES string of the molecule is COc1nc2cc(Cl)c(Cl)cc2n1[C@H]1CC(CO)C(O)C1O. The van der Waals surface area contributed by atoms with Crippen molar-refractivity contribution in [2.24, 2.45) is 5.92 Å². The van der Waals surface area contributed by atoms with E-state index in [0.29, 0.717) is 33.5 Å². The third-order valence-electron chi connectivity index (χ3n) is 4.22. The van der Waals surface area contributed by atoms with Gasteiger partial charge in [0.2, 0.25) is 0 Å². The van der Waals surface area contributed by atoms with Gasteiger partial charge in [0, 0.05) is 12.5 Å². The molecule has 4 atom stereocenters. The van der Waals surface area contributed by atoms with Crippen molar-refractivity contribution in [1.29, 1.82) is 0 Å². The molecule has 1 saturated carbocycles. The molecule has 1 aromatic carbocycles. The molecule has 3 rings (SSSR count). The fourth-order valence-corrected chi connectivity index (χ4v) is 3.38. The van der Waals surface area contributed by atoms with Crippen molar-refractivity contribution in [3.63, 3.8) is 0 Å². The molecule has 0 amide bonds. The Labute approximate surface area is 136 Å². The van der Waals surface area contributed by atoms with E-state index in [1.165, 1.54) is 7.11 Å². The van der Waals surface area contributed by atoms with E-state index < -0.39 is 24.2 Å². The molecule has 0 radical (unpaired) electrons. The maximum Gasteiger partial charge on any atom is 0.297 e. The Morgan fingerprint density at radius 3 is 2.55 bits per heavy atom. The fraction of sp³-hybridized carbons (Fsp3) is 0.500. The van der Waals surface area contributed by atoms with E-state index in [9.17, 15) is 15.3 Å². The van der Waals surface area contributed by atoms with Crippen LogP contribution < -0.4 is 4.74 Å². The average molecular weight is 347 g/mol. The van der Waals surface area contributed by atoms with Crippen molar-refractivity contribution in [3.05, 3.63) is 22.2 Å². The second kappa shape index (κ2) is 5.86. The molecule has 6 nitrogen and oxygen atoms in total. The molecule has 120 valence electrons. The van der Waals surface area contributed by atoms with Crippen LogP contribution in [0.5, 0.6) is 6.01 Å². The van der Waals surface area contributed by atoms with Crippen LogP contribution >= 0.6 is 23.2 Å². The number of aromatic nitrogens is 2. The molecule has 1 heterocycles. The minimum Gasteiger partial charge on any atom is -0.468 e. The first-order chi connectivity index (χ1) is 10.5. The minimum atomic E-state index is -1.03.